The Bertz CT molecular complexity index is 696. The van der Waals surface area contributed by atoms with E-state index in [0.717, 1.165) is 24.1 Å². The zero-order chi connectivity index (χ0) is 17.1. The maximum Gasteiger partial charge on any atom is 0.322 e. The molecule has 0 aliphatic heterocycles. The third-order valence-corrected chi connectivity index (χ3v) is 4.18. The summed E-state index contributed by atoms with van der Waals surface area (Å²) >= 11 is 0. The molecule has 2 amide bonds. The SMILES string of the molecule is Cc1ccc(NC(=O)N(CC(O)c2ccc(F)cc2)C2CC2)cc1. The van der Waals surface area contributed by atoms with E-state index in [2.05, 4.69) is 5.32 Å². The summed E-state index contributed by atoms with van der Waals surface area (Å²) in [6.07, 6.45) is 1.05. The fourth-order valence-corrected chi connectivity index (χ4v) is 2.59. The average molecular weight is 328 g/mol. The number of hydrogen-bond acceptors (Lipinski definition) is 2. The van der Waals surface area contributed by atoms with Crippen molar-refractivity contribution < 1.29 is 14.3 Å². The van der Waals surface area contributed by atoms with Crippen LogP contribution in [0.25, 0.3) is 0 Å². The van der Waals surface area contributed by atoms with E-state index in [0.29, 0.717) is 5.56 Å². The second-order valence-corrected chi connectivity index (χ2v) is 6.25. The van der Waals surface area contributed by atoms with Crippen LogP contribution < -0.4 is 5.32 Å². The van der Waals surface area contributed by atoms with Crippen molar-refractivity contribution in [2.45, 2.75) is 31.9 Å². The lowest BCUT2D eigenvalue weighted by molar-refractivity contribution is 0.123. The Morgan fingerprint density at radius 2 is 1.83 bits per heavy atom. The van der Waals surface area contributed by atoms with E-state index in [-0.39, 0.29) is 24.4 Å². The summed E-state index contributed by atoms with van der Waals surface area (Å²) < 4.78 is 13.0. The summed E-state index contributed by atoms with van der Waals surface area (Å²) in [5.74, 6) is -0.345. The maximum atomic E-state index is 13.0. The second kappa shape index (κ2) is 7.01. The van der Waals surface area contributed by atoms with Gasteiger partial charge >= 0.3 is 6.03 Å². The maximum absolute atomic E-state index is 13.0. The van der Waals surface area contributed by atoms with Crippen molar-refractivity contribution >= 4 is 11.7 Å². The van der Waals surface area contributed by atoms with Crippen LogP contribution in [0.4, 0.5) is 14.9 Å². The first kappa shape index (κ1) is 16.5. The number of halogens is 1. The molecule has 126 valence electrons. The third-order valence-electron chi connectivity index (χ3n) is 4.18. The first-order valence-electron chi connectivity index (χ1n) is 8.11. The number of carbonyl (C=O) groups excluding carboxylic acids is 1. The molecule has 24 heavy (non-hydrogen) atoms. The molecule has 4 nitrogen and oxygen atoms in total. The Morgan fingerprint density at radius 3 is 2.42 bits per heavy atom. The van der Waals surface area contributed by atoms with Gasteiger partial charge in [-0.1, -0.05) is 29.8 Å². The molecule has 1 unspecified atom stereocenters. The first-order valence-corrected chi connectivity index (χ1v) is 8.11. The zero-order valence-electron chi connectivity index (χ0n) is 13.6. The zero-order valence-corrected chi connectivity index (χ0v) is 13.6. The lowest BCUT2D eigenvalue weighted by Crippen LogP contribution is -2.39. The highest BCUT2D eigenvalue weighted by atomic mass is 19.1. The summed E-state index contributed by atoms with van der Waals surface area (Å²) in [4.78, 5) is 14.2. The number of aliphatic hydroxyl groups excluding tert-OH is 1. The molecule has 2 aromatic carbocycles. The molecular weight excluding hydrogens is 307 g/mol. The van der Waals surface area contributed by atoms with Crippen LogP contribution in [0.1, 0.15) is 30.1 Å². The molecule has 1 saturated carbocycles. The summed E-state index contributed by atoms with van der Waals surface area (Å²) in [5.41, 5.74) is 2.46. The molecule has 0 aromatic heterocycles. The Kier molecular flexibility index (Phi) is 4.81. The number of rotatable bonds is 5. The van der Waals surface area contributed by atoms with Gasteiger partial charge in [-0.25, -0.2) is 9.18 Å². The van der Waals surface area contributed by atoms with Crippen molar-refractivity contribution in [3.63, 3.8) is 0 Å². The highest BCUT2D eigenvalue weighted by Gasteiger charge is 2.34. The van der Waals surface area contributed by atoms with Crippen LogP contribution in [-0.4, -0.2) is 28.6 Å². The predicted molar refractivity (Wildman–Crippen MR) is 91.3 cm³/mol. The number of amides is 2. The minimum absolute atomic E-state index is 0.158. The molecule has 0 spiro atoms. The van der Waals surface area contributed by atoms with Crippen molar-refractivity contribution in [1.82, 2.24) is 4.90 Å². The molecule has 1 atom stereocenters. The van der Waals surface area contributed by atoms with Crippen molar-refractivity contribution in [1.29, 1.82) is 0 Å². The summed E-state index contributed by atoms with van der Waals surface area (Å²) in [5, 5.41) is 13.2. The molecule has 0 bridgehead atoms. The van der Waals surface area contributed by atoms with Crippen LogP contribution in [-0.2, 0) is 0 Å². The number of anilines is 1. The van der Waals surface area contributed by atoms with Crippen LogP contribution in [0, 0.1) is 12.7 Å². The highest BCUT2D eigenvalue weighted by Crippen LogP contribution is 2.29. The average Bonchev–Trinajstić information content (AvgIpc) is 3.40. The van der Waals surface area contributed by atoms with Gasteiger partial charge in [-0.2, -0.15) is 0 Å². The van der Waals surface area contributed by atoms with Crippen LogP contribution in [0.5, 0.6) is 0 Å². The van der Waals surface area contributed by atoms with E-state index in [1.165, 1.54) is 12.1 Å². The quantitative estimate of drug-likeness (QED) is 0.875. The minimum Gasteiger partial charge on any atom is -0.387 e. The molecule has 1 aliphatic carbocycles. The van der Waals surface area contributed by atoms with Gasteiger partial charge in [0.15, 0.2) is 0 Å². The van der Waals surface area contributed by atoms with Crippen LogP contribution >= 0.6 is 0 Å². The molecule has 0 heterocycles. The van der Waals surface area contributed by atoms with E-state index in [4.69, 9.17) is 0 Å². The van der Waals surface area contributed by atoms with E-state index >= 15 is 0 Å². The molecule has 1 fully saturated rings. The number of hydrogen-bond donors (Lipinski definition) is 2. The van der Waals surface area contributed by atoms with Gasteiger partial charge in [0.1, 0.15) is 5.82 Å². The molecule has 0 saturated heterocycles. The first-order chi connectivity index (χ1) is 11.5. The van der Waals surface area contributed by atoms with Crippen LogP contribution in [0.3, 0.4) is 0 Å². The summed E-state index contributed by atoms with van der Waals surface area (Å²) in [6, 6.07) is 13.2. The van der Waals surface area contributed by atoms with Crippen molar-refractivity contribution in [3.8, 4) is 0 Å². The number of nitrogens with zero attached hydrogens (tertiary/aromatic N) is 1. The molecule has 2 N–H and O–H groups in total. The van der Waals surface area contributed by atoms with Crippen molar-refractivity contribution in [3.05, 3.63) is 65.5 Å². The molecule has 1 aliphatic rings. The Morgan fingerprint density at radius 1 is 1.21 bits per heavy atom. The Balaban J connectivity index is 1.66. The van der Waals surface area contributed by atoms with Gasteiger partial charge in [-0.3, -0.25) is 0 Å². The van der Waals surface area contributed by atoms with Gasteiger partial charge in [-0.15, -0.1) is 0 Å². The van der Waals surface area contributed by atoms with Gasteiger partial charge < -0.3 is 15.3 Å². The van der Waals surface area contributed by atoms with E-state index in [1.54, 1.807) is 17.0 Å². The molecule has 3 rings (SSSR count). The minimum atomic E-state index is -0.838. The predicted octanol–water partition coefficient (Wildman–Crippen LogP) is 3.86. The van der Waals surface area contributed by atoms with Gasteiger partial charge in [0.05, 0.1) is 12.6 Å². The topological polar surface area (TPSA) is 52.6 Å². The van der Waals surface area contributed by atoms with Gasteiger partial charge in [0, 0.05) is 11.7 Å². The molecular formula is C19H21FN2O2. The number of nitrogens with one attached hydrogen (secondary N) is 1. The lowest BCUT2D eigenvalue weighted by atomic mass is 10.1. The Labute approximate surface area is 140 Å². The van der Waals surface area contributed by atoms with E-state index in [9.17, 15) is 14.3 Å². The third kappa shape index (κ3) is 4.11. The van der Waals surface area contributed by atoms with Crippen LogP contribution in [0.15, 0.2) is 48.5 Å². The molecule has 5 heteroatoms. The van der Waals surface area contributed by atoms with Gasteiger partial charge in [0.25, 0.3) is 0 Å². The lowest BCUT2D eigenvalue weighted by Gasteiger charge is -2.25. The molecule has 0 radical (unpaired) electrons. The Hall–Kier alpha value is -2.40. The fraction of sp³-hybridized carbons (Fsp3) is 0.316. The van der Waals surface area contributed by atoms with Crippen LogP contribution in [0.2, 0.25) is 0 Å². The smallest absolute Gasteiger partial charge is 0.322 e. The van der Waals surface area contributed by atoms with Gasteiger partial charge in [-0.05, 0) is 49.6 Å². The number of carbonyl (C=O) groups is 1. The normalized spacial score (nSPS) is 15.0. The monoisotopic (exact) mass is 328 g/mol. The fourth-order valence-electron chi connectivity index (χ4n) is 2.59. The van der Waals surface area contributed by atoms with Crippen molar-refractivity contribution in [2.24, 2.45) is 0 Å². The number of benzene rings is 2. The van der Waals surface area contributed by atoms with E-state index in [1.807, 2.05) is 31.2 Å². The number of aliphatic hydroxyl groups is 1. The largest absolute Gasteiger partial charge is 0.387 e. The van der Waals surface area contributed by atoms with Gasteiger partial charge in [0.2, 0.25) is 0 Å². The van der Waals surface area contributed by atoms with Crippen molar-refractivity contribution in [2.75, 3.05) is 11.9 Å². The number of urea groups is 1. The summed E-state index contributed by atoms with van der Waals surface area (Å²) in [6.45, 7) is 2.18. The highest BCUT2D eigenvalue weighted by molar-refractivity contribution is 5.89. The standard InChI is InChI=1S/C19H21FN2O2/c1-13-2-8-16(9-3-13)21-19(24)22(17-10-11-17)12-18(23)14-4-6-15(20)7-5-14/h2-9,17-18,23H,10-12H2,1H3,(H,21,24). The molecule has 2 aromatic rings. The van der Waals surface area contributed by atoms with E-state index < -0.39 is 6.10 Å². The second-order valence-electron chi connectivity index (χ2n) is 6.25. The summed E-state index contributed by atoms with van der Waals surface area (Å²) in [7, 11) is 0. The number of aryl methyl sites for hydroxylation is 1.